The van der Waals surface area contributed by atoms with Gasteiger partial charge in [-0.25, -0.2) is 9.97 Å². The highest BCUT2D eigenvalue weighted by Crippen LogP contribution is 2.17. The molecule has 0 bridgehead atoms. The molecule has 3 heteroatoms. The van der Waals surface area contributed by atoms with Crippen LogP contribution in [0.1, 0.15) is 24.7 Å². The van der Waals surface area contributed by atoms with Crippen LogP contribution in [-0.4, -0.2) is 9.97 Å². The zero-order valence-corrected chi connectivity index (χ0v) is 10.1. The molecule has 0 saturated heterocycles. The second kappa shape index (κ2) is 5.55. The monoisotopic (exact) mass is 227 g/mol. The Kier molecular flexibility index (Phi) is 3.83. The van der Waals surface area contributed by atoms with Crippen molar-refractivity contribution < 1.29 is 0 Å². The topological polar surface area (TPSA) is 51.8 Å². The summed E-state index contributed by atoms with van der Waals surface area (Å²) in [5, 5.41) is 0. The smallest absolute Gasteiger partial charge is 0.142 e. The maximum absolute atomic E-state index is 5.54. The van der Waals surface area contributed by atoms with Crippen molar-refractivity contribution in [1.82, 2.24) is 9.97 Å². The van der Waals surface area contributed by atoms with E-state index in [1.165, 1.54) is 12.0 Å². The Morgan fingerprint density at radius 3 is 2.53 bits per heavy atom. The van der Waals surface area contributed by atoms with E-state index in [2.05, 4.69) is 41.2 Å². The van der Waals surface area contributed by atoms with Gasteiger partial charge in [-0.15, -0.1) is 0 Å². The molecule has 1 aromatic heterocycles. The first-order valence-corrected chi connectivity index (χ1v) is 5.94. The molecule has 0 amide bonds. The molecule has 0 aliphatic heterocycles. The quantitative estimate of drug-likeness (QED) is 0.873. The van der Waals surface area contributed by atoms with E-state index in [1.54, 1.807) is 6.20 Å². The molecular formula is C14H17N3. The van der Waals surface area contributed by atoms with Gasteiger partial charge >= 0.3 is 0 Å². The number of hydrogen-bond acceptors (Lipinski definition) is 3. The van der Waals surface area contributed by atoms with E-state index in [4.69, 9.17) is 5.73 Å². The number of aryl methyl sites for hydroxylation is 1. The summed E-state index contributed by atoms with van der Waals surface area (Å²) in [7, 11) is 0. The van der Waals surface area contributed by atoms with Crippen molar-refractivity contribution in [3.63, 3.8) is 0 Å². The van der Waals surface area contributed by atoms with Crippen LogP contribution in [0, 0.1) is 0 Å². The van der Waals surface area contributed by atoms with Crippen molar-refractivity contribution in [2.75, 3.05) is 0 Å². The molecule has 1 heterocycles. The Labute approximate surface area is 102 Å². The fourth-order valence-electron chi connectivity index (χ4n) is 1.79. The van der Waals surface area contributed by atoms with Crippen LogP contribution in [0.5, 0.6) is 0 Å². The second-order valence-electron chi connectivity index (χ2n) is 4.01. The zero-order chi connectivity index (χ0) is 12.1. The van der Waals surface area contributed by atoms with Crippen LogP contribution in [-0.2, 0) is 13.0 Å². The lowest BCUT2D eigenvalue weighted by Gasteiger charge is -2.04. The molecule has 0 aliphatic rings. The van der Waals surface area contributed by atoms with Crippen molar-refractivity contribution in [2.24, 2.45) is 5.73 Å². The van der Waals surface area contributed by atoms with Crippen molar-refractivity contribution in [2.45, 2.75) is 26.3 Å². The highest BCUT2D eigenvalue weighted by molar-refractivity contribution is 5.58. The summed E-state index contributed by atoms with van der Waals surface area (Å²) < 4.78 is 0. The number of aromatic nitrogens is 2. The van der Waals surface area contributed by atoms with E-state index >= 15 is 0 Å². The lowest BCUT2D eigenvalue weighted by atomic mass is 10.1. The van der Waals surface area contributed by atoms with Crippen LogP contribution < -0.4 is 5.73 Å². The minimum absolute atomic E-state index is 0.377. The normalized spacial score (nSPS) is 10.5. The average molecular weight is 227 g/mol. The van der Waals surface area contributed by atoms with Gasteiger partial charge in [-0.05, 0) is 18.1 Å². The Bertz CT molecular complexity index is 477. The third-order valence-electron chi connectivity index (χ3n) is 2.68. The first-order valence-electron chi connectivity index (χ1n) is 5.94. The minimum atomic E-state index is 0.377. The maximum atomic E-state index is 5.54. The van der Waals surface area contributed by atoms with Gasteiger partial charge in [0.1, 0.15) is 5.82 Å². The molecule has 0 fully saturated rings. The summed E-state index contributed by atoms with van der Waals surface area (Å²) in [5.74, 6) is 0.681. The summed E-state index contributed by atoms with van der Waals surface area (Å²) >= 11 is 0. The molecule has 88 valence electrons. The van der Waals surface area contributed by atoms with E-state index in [1.807, 2.05) is 6.07 Å². The highest BCUT2D eigenvalue weighted by Gasteiger charge is 2.01. The zero-order valence-electron chi connectivity index (χ0n) is 10.1. The van der Waals surface area contributed by atoms with E-state index < -0.39 is 0 Å². The van der Waals surface area contributed by atoms with E-state index in [0.717, 1.165) is 17.7 Å². The first-order chi connectivity index (χ1) is 8.33. The van der Waals surface area contributed by atoms with E-state index in [9.17, 15) is 0 Å². The Balaban J connectivity index is 2.26. The summed E-state index contributed by atoms with van der Waals surface area (Å²) in [6.07, 6.45) is 4.05. The van der Waals surface area contributed by atoms with Crippen LogP contribution in [0.3, 0.4) is 0 Å². The summed E-state index contributed by atoms with van der Waals surface area (Å²) in [6, 6.07) is 10.4. The van der Waals surface area contributed by atoms with Crippen LogP contribution in [0.25, 0.3) is 11.3 Å². The summed E-state index contributed by atoms with van der Waals surface area (Å²) in [4.78, 5) is 8.50. The van der Waals surface area contributed by atoms with Crippen LogP contribution in [0.2, 0.25) is 0 Å². The number of nitrogens with zero attached hydrogens (tertiary/aromatic N) is 2. The third kappa shape index (κ3) is 2.88. The first kappa shape index (κ1) is 11.7. The van der Waals surface area contributed by atoms with Gasteiger partial charge in [0.25, 0.3) is 0 Å². The molecule has 3 nitrogen and oxygen atoms in total. The SMILES string of the molecule is CCCc1ccc(-c2ccnc(CN)n2)cc1. The molecule has 2 rings (SSSR count). The van der Waals surface area contributed by atoms with Crippen LogP contribution in [0.4, 0.5) is 0 Å². The molecule has 0 atom stereocenters. The molecular weight excluding hydrogens is 210 g/mol. The molecule has 1 aromatic carbocycles. The van der Waals surface area contributed by atoms with Gasteiger partial charge in [-0.2, -0.15) is 0 Å². The van der Waals surface area contributed by atoms with Crippen LogP contribution in [0.15, 0.2) is 36.5 Å². The fourth-order valence-corrected chi connectivity index (χ4v) is 1.79. The van der Waals surface area contributed by atoms with Crippen molar-refractivity contribution in [3.8, 4) is 11.3 Å². The highest BCUT2D eigenvalue weighted by atomic mass is 14.9. The summed E-state index contributed by atoms with van der Waals surface area (Å²) in [5.41, 5.74) is 8.95. The molecule has 0 spiro atoms. The Hall–Kier alpha value is -1.74. The Morgan fingerprint density at radius 2 is 1.88 bits per heavy atom. The van der Waals surface area contributed by atoms with Gasteiger partial charge in [-0.3, -0.25) is 0 Å². The molecule has 2 N–H and O–H groups in total. The van der Waals surface area contributed by atoms with Crippen LogP contribution >= 0.6 is 0 Å². The number of hydrogen-bond donors (Lipinski definition) is 1. The Morgan fingerprint density at radius 1 is 1.12 bits per heavy atom. The largest absolute Gasteiger partial charge is 0.324 e. The average Bonchev–Trinajstić information content (AvgIpc) is 2.40. The lowest BCUT2D eigenvalue weighted by Crippen LogP contribution is -2.03. The van der Waals surface area contributed by atoms with Gasteiger partial charge in [0, 0.05) is 11.8 Å². The third-order valence-corrected chi connectivity index (χ3v) is 2.68. The maximum Gasteiger partial charge on any atom is 0.142 e. The molecule has 2 aromatic rings. The molecule has 17 heavy (non-hydrogen) atoms. The van der Waals surface area contributed by atoms with Gasteiger partial charge < -0.3 is 5.73 Å². The van der Waals surface area contributed by atoms with Crippen molar-refractivity contribution >= 4 is 0 Å². The molecule has 0 unspecified atom stereocenters. The predicted octanol–water partition coefficient (Wildman–Crippen LogP) is 2.55. The predicted molar refractivity (Wildman–Crippen MR) is 69.4 cm³/mol. The lowest BCUT2D eigenvalue weighted by molar-refractivity contribution is 0.911. The van der Waals surface area contributed by atoms with E-state index in [-0.39, 0.29) is 0 Å². The van der Waals surface area contributed by atoms with Gasteiger partial charge in [0.2, 0.25) is 0 Å². The van der Waals surface area contributed by atoms with Crippen molar-refractivity contribution in [3.05, 3.63) is 47.9 Å². The standard InChI is InChI=1S/C14H17N3/c1-2-3-11-4-6-12(7-5-11)13-8-9-16-14(10-15)17-13/h4-9H,2-3,10,15H2,1H3. The number of rotatable bonds is 4. The fraction of sp³-hybridized carbons (Fsp3) is 0.286. The second-order valence-corrected chi connectivity index (χ2v) is 4.01. The molecule has 0 aliphatic carbocycles. The minimum Gasteiger partial charge on any atom is -0.324 e. The van der Waals surface area contributed by atoms with E-state index in [0.29, 0.717) is 12.4 Å². The van der Waals surface area contributed by atoms with Gasteiger partial charge in [-0.1, -0.05) is 37.6 Å². The van der Waals surface area contributed by atoms with Crippen molar-refractivity contribution in [1.29, 1.82) is 0 Å². The molecule has 0 saturated carbocycles. The van der Waals surface area contributed by atoms with Gasteiger partial charge in [0.15, 0.2) is 0 Å². The van der Waals surface area contributed by atoms with Gasteiger partial charge in [0.05, 0.1) is 12.2 Å². The number of nitrogens with two attached hydrogens (primary N) is 1. The number of benzene rings is 1. The molecule has 0 radical (unpaired) electrons. The summed E-state index contributed by atoms with van der Waals surface area (Å²) in [6.45, 7) is 2.56.